The topological polar surface area (TPSA) is 95.2 Å². The van der Waals surface area contributed by atoms with Gasteiger partial charge in [-0.05, 0) is 11.8 Å². The van der Waals surface area contributed by atoms with Crippen LogP contribution in [0, 0.1) is 79.8 Å². The molecule has 0 amide bonds. The largest absolute Gasteiger partial charge is 0.196 e. The molecule has 0 N–H and O–H groups in total. The Balaban J connectivity index is 2.34. The van der Waals surface area contributed by atoms with Crippen molar-refractivity contribution in [1.82, 2.24) is 0 Å². The Morgan fingerprint density at radius 1 is 0.611 bits per heavy atom. The lowest BCUT2D eigenvalue weighted by atomic mass is 9.39. The van der Waals surface area contributed by atoms with Crippen LogP contribution in [-0.4, -0.2) is 0 Å². The summed E-state index contributed by atoms with van der Waals surface area (Å²) in [6.45, 7) is 0. The molecule has 4 heteroatoms. The Hall–Kier alpha value is -2.56. The number of nitriles is 4. The zero-order chi connectivity index (χ0) is 13.0. The van der Waals surface area contributed by atoms with Gasteiger partial charge in [0.15, 0.2) is 10.8 Å². The van der Waals surface area contributed by atoms with Gasteiger partial charge in [0.1, 0.15) is 0 Å². The minimum Gasteiger partial charge on any atom is -0.196 e. The van der Waals surface area contributed by atoms with Gasteiger partial charge in [-0.3, -0.25) is 0 Å². The maximum absolute atomic E-state index is 9.46. The first kappa shape index (κ1) is 10.6. The van der Waals surface area contributed by atoms with Crippen molar-refractivity contribution in [3.8, 4) is 24.3 Å². The van der Waals surface area contributed by atoms with Crippen LogP contribution in [0.15, 0.2) is 24.3 Å². The van der Waals surface area contributed by atoms with Gasteiger partial charge in [0.2, 0.25) is 0 Å². The molecule has 0 radical (unpaired) electrons. The third-order valence-corrected chi connectivity index (χ3v) is 4.68. The Labute approximate surface area is 105 Å². The summed E-state index contributed by atoms with van der Waals surface area (Å²) in [5.41, 5.74) is -3.11. The molecule has 0 unspecified atom stereocenters. The Morgan fingerprint density at radius 3 is 1.17 bits per heavy atom. The monoisotopic (exact) mass is 232 g/mol. The molecule has 4 nitrogen and oxygen atoms in total. The average molecular weight is 232 g/mol. The fraction of sp³-hybridized carbons (Fsp3) is 0.429. The lowest BCUT2D eigenvalue weighted by molar-refractivity contribution is 0.00894. The van der Waals surface area contributed by atoms with E-state index >= 15 is 0 Å². The fourth-order valence-corrected chi connectivity index (χ4v) is 3.67. The highest BCUT2D eigenvalue weighted by atomic mass is 14.7. The van der Waals surface area contributed by atoms with Gasteiger partial charge in [-0.2, -0.15) is 21.0 Å². The van der Waals surface area contributed by atoms with Crippen LogP contribution in [0.2, 0.25) is 0 Å². The van der Waals surface area contributed by atoms with Crippen molar-refractivity contribution in [3.63, 3.8) is 0 Å². The van der Waals surface area contributed by atoms with Gasteiger partial charge in [-0.15, -0.1) is 0 Å². The van der Waals surface area contributed by atoms with Gasteiger partial charge in [0.25, 0.3) is 0 Å². The van der Waals surface area contributed by atoms with Crippen molar-refractivity contribution in [1.29, 1.82) is 21.0 Å². The predicted octanol–water partition coefficient (Wildman–Crippen LogP) is 1.67. The number of allylic oxidation sites excluding steroid dienone is 4. The molecule has 4 atom stereocenters. The number of rotatable bonds is 0. The standard InChI is InChI=1S/C14H8N4/c15-5-13(6-16)11-3-4-12(10-2-1-9(10)11)14(13,7-17)8-18/h1-4,9-12H/t9-,10-,11+,12+/m1/s1. The number of fused-ring (bicyclic) bond motifs is 1. The van der Waals surface area contributed by atoms with Crippen molar-refractivity contribution in [3.05, 3.63) is 24.3 Å². The Kier molecular flexibility index (Phi) is 1.77. The molecule has 0 aromatic rings. The molecule has 18 heavy (non-hydrogen) atoms. The molecule has 0 aromatic carbocycles. The van der Waals surface area contributed by atoms with E-state index in [-0.39, 0.29) is 23.7 Å². The first-order chi connectivity index (χ1) is 8.70. The third kappa shape index (κ3) is 0.756. The van der Waals surface area contributed by atoms with Crippen molar-refractivity contribution in [2.24, 2.45) is 34.5 Å². The molecule has 4 rings (SSSR count). The molecule has 4 aliphatic carbocycles. The molecule has 84 valence electrons. The maximum atomic E-state index is 9.46. The molecule has 0 spiro atoms. The molecule has 0 aromatic heterocycles. The molecule has 0 aliphatic heterocycles. The van der Waals surface area contributed by atoms with E-state index < -0.39 is 10.8 Å². The fourth-order valence-electron chi connectivity index (χ4n) is 3.67. The van der Waals surface area contributed by atoms with E-state index in [0.29, 0.717) is 0 Å². The zero-order valence-electron chi connectivity index (χ0n) is 9.41. The molecule has 0 heterocycles. The van der Waals surface area contributed by atoms with Gasteiger partial charge in [0.05, 0.1) is 24.3 Å². The predicted molar refractivity (Wildman–Crippen MR) is 59.6 cm³/mol. The van der Waals surface area contributed by atoms with Crippen LogP contribution in [0.1, 0.15) is 0 Å². The summed E-state index contributed by atoms with van der Waals surface area (Å²) in [6, 6.07) is 7.94. The van der Waals surface area contributed by atoms with Crippen LogP contribution in [0.25, 0.3) is 0 Å². The highest BCUT2D eigenvalue weighted by Crippen LogP contribution is 2.66. The van der Waals surface area contributed by atoms with E-state index in [0.717, 1.165) is 0 Å². The Bertz CT molecular complexity index is 559. The van der Waals surface area contributed by atoms with Crippen molar-refractivity contribution in [2.45, 2.75) is 0 Å². The van der Waals surface area contributed by atoms with E-state index in [1.54, 1.807) is 0 Å². The molecule has 4 aliphatic rings. The quantitative estimate of drug-likeness (QED) is 0.593. The van der Waals surface area contributed by atoms with Crippen molar-refractivity contribution >= 4 is 0 Å². The van der Waals surface area contributed by atoms with Crippen LogP contribution < -0.4 is 0 Å². The average Bonchev–Trinajstić information content (AvgIpc) is 2.37. The highest BCUT2D eigenvalue weighted by Gasteiger charge is 2.71. The normalized spacial score (nSPS) is 39.3. The first-order valence-corrected chi connectivity index (χ1v) is 5.72. The second-order valence-corrected chi connectivity index (χ2v) is 5.04. The van der Waals surface area contributed by atoms with E-state index in [2.05, 4.69) is 0 Å². The second kappa shape index (κ2) is 3.01. The third-order valence-electron chi connectivity index (χ3n) is 4.68. The molecule has 1 fully saturated rings. The van der Waals surface area contributed by atoms with Crippen LogP contribution in [0.4, 0.5) is 0 Å². The first-order valence-electron chi connectivity index (χ1n) is 5.72. The summed E-state index contributed by atoms with van der Waals surface area (Å²) in [7, 11) is 0. The SMILES string of the molecule is N#CC1(C#N)[C@H]2C=C[C@@H]([C@@H]3C=C[C@H]32)C1(C#N)C#N. The lowest BCUT2D eigenvalue weighted by Gasteiger charge is -2.57. The smallest absolute Gasteiger partial charge is 0.182 e. The minimum absolute atomic E-state index is 0.120. The molecular weight excluding hydrogens is 224 g/mol. The van der Waals surface area contributed by atoms with E-state index in [4.69, 9.17) is 0 Å². The molecular formula is C14H8N4. The van der Waals surface area contributed by atoms with Crippen LogP contribution in [-0.2, 0) is 0 Å². The van der Waals surface area contributed by atoms with Gasteiger partial charge in [0, 0.05) is 11.8 Å². The summed E-state index contributed by atoms with van der Waals surface area (Å²) in [5.74, 6) is -0.471. The molecule has 2 bridgehead atoms. The number of nitrogens with zero attached hydrogens (tertiary/aromatic N) is 4. The molecule has 0 saturated heterocycles. The van der Waals surface area contributed by atoms with Crippen molar-refractivity contribution < 1.29 is 0 Å². The van der Waals surface area contributed by atoms with Crippen LogP contribution in [0.5, 0.6) is 0 Å². The lowest BCUT2D eigenvalue weighted by Crippen LogP contribution is -2.61. The van der Waals surface area contributed by atoms with E-state index in [1.165, 1.54) is 0 Å². The van der Waals surface area contributed by atoms with Crippen LogP contribution >= 0.6 is 0 Å². The summed E-state index contributed by atoms with van der Waals surface area (Å²) in [6.07, 6.45) is 7.64. The number of hydrogen-bond donors (Lipinski definition) is 0. The highest BCUT2D eigenvalue weighted by molar-refractivity contribution is 5.48. The zero-order valence-corrected chi connectivity index (χ0v) is 9.41. The summed E-state index contributed by atoms with van der Waals surface area (Å²) >= 11 is 0. The minimum atomic E-state index is -1.55. The van der Waals surface area contributed by atoms with Crippen LogP contribution in [0.3, 0.4) is 0 Å². The van der Waals surface area contributed by atoms with Gasteiger partial charge in [-0.25, -0.2) is 0 Å². The van der Waals surface area contributed by atoms with Gasteiger partial charge < -0.3 is 0 Å². The maximum Gasteiger partial charge on any atom is 0.182 e. The van der Waals surface area contributed by atoms with Gasteiger partial charge in [-0.1, -0.05) is 24.3 Å². The van der Waals surface area contributed by atoms with E-state index in [1.807, 2.05) is 48.6 Å². The number of hydrogen-bond acceptors (Lipinski definition) is 4. The Morgan fingerprint density at radius 2 is 0.944 bits per heavy atom. The summed E-state index contributed by atoms with van der Waals surface area (Å²) in [4.78, 5) is 0. The molecule has 1 saturated carbocycles. The summed E-state index contributed by atoms with van der Waals surface area (Å²) in [5, 5.41) is 37.8. The summed E-state index contributed by atoms with van der Waals surface area (Å²) < 4.78 is 0. The van der Waals surface area contributed by atoms with E-state index in [9.17, 15) is 21.0 Å². The second-order valence-electron chi connectivity index (χ2n) is 5.04. The van der Waals surface area contributed by atoms with Gasteiger partial charge >= 0.3 is 0 Å². The van der Waals surface area contributed by atoms with Crippen molar-refractivity contribution in [2.75, 3.05) is 0 Å².